The third-order valence-electron chi connectivity index (χ3n) is 5.24. The Hall–Kier alpha value is -3.28. The van der Waals surface area contributed by atoms with Crippen molar-refractivity contribution in [2.75, 3.05) is 26.8 Å². The minimum Gasteiger partial charge on any atom is -0.493 e. The molecule has 6 nitrogen and oxygen atoms in total. The van der Waals surface area contributed by atoms with Crippen LogP contribution in [-0.4, -0.2) is 48.4 Å². The van der Waals surface area contributed by atoms with Crippen LogP contribution >= 0.6 is 0 Å². The van der Waals surface area contributed by atoms with Gasteiger partial charge in [0.1, 0.15) is 6.54 Å². The number of carbonyl (C=O) groups is 2. The van der Waals surface area contributed by atoms with E-state index in [9.17, 15) is 9.59 Å². The first-order valence-corrected chi connectivity index (χ1v) is 10.7. The summed E-state index contributed by atoms with van der Waals surface area (Å²) in [5.74, 6) is 1.05. The Labute approximate surface area is 184 Å². The normalized spacial score (nSPS) is 12.7. The Morgan fingerprint density at radius 1 is 1.06 bits per heavy atom. The smallest absolute Gasteiger partial charge is 0.259 e. The van der Waals surface area contributed by atoms with Crippen LogP contribution in [0.25, 0.3) is 5.70 Å². The van der Waals surface area contributed by atoms with E-state index in [1.165, 1.54) is 4.90 Å². The van der Waals surface area contributed by atoms with Gasteiger partial charge in [-0.05, 0) is 36.6 Å². The zero-order chi connectivity index (χ0) is 22.4. The van der Waals surface area contributed by atoms with Crippen LogP contribution in [0.4, 0.5) is 0 Å². The number of carbonyl (C=O) groups excluding carboxylic acids is 2. The average Bonchev–Trinajstić information content (AvgIpc) is 3.02. The lowest BCUT2D eigenvalue weighted by molar-refractivity contribution is -0.132. The molecule has 2 aromatic rings. The number of fused-ring (bicyclic) bond motifs is 1. The van der Waals surface area contributed by atoms with Gasteiger partial charge in [-0.15, -0.1) is 0 Å². The third kappa shape index (κ3) is 4.90. The van der Waals surface area contributed by atoms with Crippen LogP contribution in [0.15, 0.2) is 49.0 Å². The van der Waals surface area contributed by atoms with Crippen LogP contribution in [0.2, 0.25) is 0 Å². The average molecular weight is 423 g/mol. The molecule has 31 heavy (non-hydrogen) atoms. The van der Waals surface area contributed by atoms with Gasteiger partial charge < -0.3 is 14.4 Å². The zero-order valence-corrected chi connectivity index (χ0v) is 18.5. The van der Waals surface area contributed by atoms with Gasteiger partial charge in [0.15, 0.2) is 11.5 Å². The fourth-order valence-corrected chi connectivity index (χ4v) is 3.66. The van der Waals surface area contributed by atoms with Gasteiger partial charge in [0.05, 0.1) is 13.7 Å². The highest BCUT2D eigenvalue weighted by Crippen LogP contribution is 2.31. The van der Waals surface area contributed by atoms with Crippen molar-refractivity contribution in [1.29, 1.82) is 0 Å². The molecule has 164 valence electrons. The second-order valence-corrected chi connectivity index (χ2v) is 7.53. The molecular weight excluding hydrogens is 392 g/mol. The molecule has 2 amide bonds. The number of nitrogens with zero attached hydrogens (tertiary/aromatic N) is 2. The second-order valence-electron chi connectivity index (χ2n) is 7.53. The molecule has 0 saturated heterocycles. The molecular formula is C25H30N2O4. The first-order valence-electron chi connectivity index (χ1n) is 10.7. The van der Waals surface area contributed by atoms with Crippen molar-refractivity contribution in [3.05, 3.63) is 65.7 Å². The minimum atomic E-state index is -0.176. The third-order valence-corrected chi connectivity index (χ3v) is 5.24. The van der Waals surface area contributed by atoms with E-state index in [0.29, 0.717) is 42.5 Å². The lowest BCUT2D eigenvalue weighted by atomic mass is 10.1. The quantitative estimate of drug-likeness (QED) is 0.571. The summed E-state index contributed by atoms with van der Waals surface area (Å²) in [5, 5.41) is 0. The number of methoxy groups -OCH3 is 1. The first-order chi connectivity index (χ1) is 15.0. The molecule has 0 atom stereocenters. The Kier molecular flexibility index (Phi) is 7.34. The largest absolute Gasteiger partial charge is 0.493 e. The van der Waals surface area contributed by atoms with Crippen LogP contribution in [-0.2, 0) is 11.3 Å². The summed E-state index contributed by atoms with van der Waals surface area (Å²) in [6, 6.07) is 13.0. The fraction of sp³-hybridized carbons (Fsp3) is 0.360. The lowest BCUT2D eigenvalue weighted by Gasteiger charge is -2.26. The van der Waals surface area contributed by atoms with E-state index in [1.807, 2.05) is 50.2 Å². The molecule has 3 rings (SSSR count). The molecule has 0 N–H and O–H groups in total. The van der Waals surface area contributed by atoms with Gasteiger partial charge in [-0.3, -0.25) is 14.5 Å². The topological polar surface area (TPSA) is 59.1 Å². The first kappa shape index (κ1) is 22.4. The van der Waals surface area contributed by atoms with Crippen molar-refractivity contribution in [2.45, 2.75) is 33.2 Å². The van der Waals surface area contributed by atoms with Crippen molar-refractivity contribution in [1.82, 2.24) is 9.80 Å². The Bertz CT molecular complexity index is 935. The number of benzene rings is 2. The molecule has 0 unspecified atom stereocenters. The Balaban J connectivity index is 1.73. The monoisotopic (exact) mass is 422 g/mol. The molecule has 0 saturated carbocycles. The second kappa shape index (κ2) is 10.2. The number of ether oxygens (including phenoxy) is 2. The number of amides is 2. The van der Waals surface area contributed by atoms with Gasteiger partial charge in [0, 0.05) is 29.9 Å². The summed E-state index contributed by atoms with van der Waals surface area (Å²) >= 11 is 0. The van der Waals surface area contributed by atoms with E-state index in [0.717, 1.165) is 24.0 Å². The maximum atomic E-state index is 13.1. The summed E-state index contributed by atoms with van der Waals surface area (Å²) < 4.78 is 11.2. The molecule has 0 aliphatic carbocycles. The van der Waals surface area contributed by atoms with Crippen LogP contribution in [0, 0.1) is 0 Å². The van der Waals surface area contributed by atoms with Gasteiger partial charge in [-0.1, -0.05) is 44.7 Å². The maximum absolute atomic E-state index is 13.1. The summed E-state index contributed by atoms with van der Waals surface area (Å²) in [6.45, 7) is 9.72. The summed E-state index contributed by atoms with van der Waals surface area (Å²) in [7, 11) is 1.61. The predicted octanol–water partition coefficient (Wildman–Crippen LogP) is 4.35. The van der Waals surface area contributed by atoms with Gasteiger partial charge >= 0.3 is 0 Å². The predicted molar refractivity (Wildman–Crippen MR) is 121 cm³/mol. The van der Waals surface area contributed by atoms with Crippen molar-refractivity contribution in [2.24, 2.45) is 0 Å². The number of hydrogen-bond acceptors (Lipinski definition) is 4. The van der Waals surface area contributed by atoms with E-state index >= 15 is 0 Å². The minimum absolute atomic E-state index is 0.0266. The van der Waals surface area contributed by atoms with E-state index in [2.05, 4.69) is 6.58 Å². The van der Waals surface area contributed by atoms with Crippen LogP contribution < -0.4 is 9.47 Å². The van der Waals surface area contributed by atoms with Gasteiger partial charge in [-0.2, -0.15) is 0 Å². The number of rotatable bonds is 10. The molecule has 0 spiro atoms. The van der Waals surface area contributed by atoms with Crippen LogP contribution in [0.3, 0.4) is 0 Å². The van der Waals surface area contributed by atoms with Gasteiger partial charge in [0.25, 0.3) is 5.91 Å². The summed E-state index contributed by atoms with van der Waals surface area (Å²) in [5.41, 5.74) is 2.89. The molecule has 6 heteroatoms. The summed E-state index contributed by atoms with van der Waals surface area (Å²) in [6.07, 6.45) is 1.73. The van der Waals surface area contributed by atoms with Gasteiger partial charge in [-0.25, -0.2) is 0 Å². The highest BCUT2D eigenvalue weighted by molar-refractivity contribution is 6.10. The molecule has 0 radical (unpaired) electrons. The Morgan fingerprint density at radius 2 is 1.81 bits per heavy atom. The standard InChI is InChI=1S/C25H30N2O4/c1-5-13-26(16-19-11-12-22(31-14-6-2)23(15-19)30-4)24(28)17-27-18(3)20-9-7-8-10-21(20)25(27)29/h7-12,15H,3,5-6,13-14,16-17H2,1-2,4H3. The highest BCUT2D eigenvalue weighted by atomic mass is 16.5. The van der Waals surface area contributed by atoms with Crippen molar-refractivity contribution in [3.8, 4) is 11.5 Å². The number of hydrogen-bond donors (Lipinski definition) is 0. The molecule has 0 bridgehead atoms. The SMILES string of the molecule is C=C1c2ccccc2C(=O)N1CC(=O)N(CCC)Cc1ccc(OCCC)c(OC)c1. The van der Waals surface area contributed by atoms with E-state index in [4.69, 9.17) is 9.47 Å². The molecule has 1 heterocycles. The molecule has 1 aliphatic heterocycles. The Morgan fingerprint density at radius 3 is 2.45 bits per heavy atom. The molecule has 0 aromatic heterocycles. The molecule has 1 aliphatic rings. The van der Waals surface area contributed by atoms with Crippen molar-refractivity contribution >= 4 is 17.5 Å². The fourth-order valence-electron chi connectivity index (χ4n) is 3.66. The van der Waals surface area contributed by atoms with Crippen LogP contribution in [0.5, 0.6) is 11.5 Å². The van der Waals surface area contributed by atoms with Crippen molar-refractivity contribution in [3.63, 3.8) is 0 Å². The molecule has 0 fully saturated rings. The van der Waals surface area contributed by atoms with E-state index in [1.54, 1.807) is 18.1 Å². The zero-order valence-electron chi connectivity index (χ0n) is 18.5. The maximum Gasteiger partial charge on any atom is 0.259 e. The summed E-state index contributed by atoms with van der Waals surface area (Å²) in [4.78, 5) is 29.1. The van der Waals surface area contributed by atoms with E-state index in [-0.39, 0.29) is 18.4 Å². The van der Waals surface area contributed by atoms with Crippen LogP contribution in [0.1, 0.15) is 48.2 Å². The highest BCUT2D eigenvalue weighted by Gasteiger charge is 2.32. The lowest BCUT2D eigenvalue weighted by Crippen LogP contribution is -2.40. The molecule has 2 aromatic carbocycles. The van der Waals surface area contributed by atoms with Crippen molar-refractivity contribution < 1.29 is 19.1 Å². The van der Waals surface area contributed by atoms with Gasteiger partial charge in [0.2, 0.25) is 5.91 Å². The van der Waals surface area contributed by atoms with E-state index < -0.39 is 0 Å².